The third-order valence-corrected chi connectivity index (χ3v) is 9.44. The van der Waals surface area contributed by atoms with Crippen molar-refractivity contribution in [3.8, 4) is 0 Å². The Kier molecular flexibility index (Phi) is 11.4. The lowest BCUT2D eigenvalue weighted by atomic mass is 10.0. The van der Waals surface area contributed by atoms with Gasteiger partial charge in [0.25, 0.3) is 0 Å². The minimum atomic E-state index is -2.28. The van der Waals surface area contributed by atoms with Crippen LogP contribution in [-0.2, 0) is 42.6 Å². The number of rotatable bonds is 11. The summed E-state index contributed by atoms with van der Waals surface area (Å²) in [5.74, 6) is -2.76. The van der Waals surface area contributed by atoms with E-state index < -0.39 is 56.6 Å². The molecule has 0 aliphatic rings. The number of ether oxygens (including phenoxy) is 4. The minimum absolute atomic E-state index is 0.122. The maximum absolute atomic E-state index is 11.9. The molecule has 0 saturated heterocycles. The molecule has 0 aromatic heterocycles. The summed E-state index contributed by atoms with van der Waals surface area (Å²) in [6.07, 6.45) is -4.91. The fourth-order valence-electron chi connectivity index (χ4n) is 2.47. The highest BCUT2D eigenvalue weighted by Gasteiger charge is 2.45. The second-order valence-electron chi connectivity index (χ2n) is 8.75. The Morgan fingerprint density at radius 1 is 0.742 bits per heavy atom. The number of carbonyl (C=O) groups excluding carboxylic acids is 4. The highest BCUT2D eigenvalue weighted by Crippen LogP contribution is 2.37. The van der Waals surface area contributed by atoms with Crippen molar-refractivity contribution in [2.75, 3.05) is 13.2 Å². The van der Waals surface area contributed by atoms with Crippen molar-refractivity contribution in [3.63, 3.8) is 0 Å². The number of hydrogen-bond acceptors (Lipinski definition) is 10. The summed E-state index contributed by atoms with van der Waals surface area (Å²) >= 11 is 0. The van der Waals surface area contributed by atoms with Gasteiger partial charge in [-0.15, -0.1) is 0 Å². The first-order valence-corrected chi connectivity index (χ1v) is 13.0. The van der Waals surface area contributed by atoms with Crippen molar-refractivity contribution in [1.82, 2.24) is 0 Å². The first kappa shape index (κ1) is 29.0. The summed E-state index contributed by atoms with van der Waals surface area (Å²) in [7, 11) is -2.28. The molecular formula is C20H37NO9Si. The first-order chi connectivity index (χ1) is 14.0. The van der Waals surface area contributed by atoms with E-state index in [0.29, 0.717) is 0 Å². The summed E-state index contributed by atoms with van der Waals surface area (Å²) in [4.78, 5) is 47.0. The standard InChI is InChI=1S/C20H37NO9Si/c1-12(22)27-16(10-21)18(29-14(3)24)19(30-15(4)25)17(28-13(2)23)11-26-31(8,9)20(5,6)7/h16-19H,10-11,21H2,1-9H3/t16-,17-,18-,19-/m1/s1. The van der Waals surface area contributed by atoms with Gasteiger partial charge in [-0.3, -0.25) is 19.2 Å². The topological polar surface area (TPSA) is 140 Å². The highest BCUT2D eigenvalue weighted by molar-refractivity contribution is 6.74. The zero-order valence-electron chi connectivity index (χ0n) is 20.0. The molecule has 11 heteroatoms. The molecule has 0 saturated carbocycles. The van der Waals surface area contributed by atoms with Gasteiger partial charge in [-0.25, -0.2) is 0 Å². The van der Waals surface area contributed by atoms with E-state index in [4.69, 9.17) is 29.1 Å². The predicted octanol–water partition coefficient (Wildman–Crippen LogP) is 1.69. The average molecular weight is 464 g/mol. The normalized spacial score (nSPS) is 15.8. The molecule has 0 unspecified atom stereocenters. The average Bonchev–Trinajstić information content (AvgIpc) is 2.57. The van der Waals surface area contributed by atoms with E-state index in [-0.39, 0.29) is 18.2 Å². The lowest BCUT2D eigenvalue weighted by Crippen LogP contribution is -2.55. The van der Waals surface area contributed by atoms with Gasteiger partial charge in [-0.1, -0.05) is 20.8 Å². The summed E-state index contributed by atoms with van der Waals surface area (Å²) in [5.41, 5.74) is 5.73. The van der Waals surface area contributed by atoms with Crippen LogP contribution >= 0.6 is 0 Å². The largest absolute Gasteiger partial charge is 0.457 e. The molecule has 0 fully saturated rings. The summed E-state index contributed by atoms with van der Waals surface area (Å²) in [6, 6.07) is 0. The van der Waals surface area contributed by atoms with Gasteiger partial charge in [0.05, 0.1) is 6.61 Å². The molecule has 4 atom stereocenters. The van der Waals surface area contributed by atoms with Crippen LogP contribution in [0.4, 0.5) is 0 Å². The molecule has 0 heterocycles. The van der Waals surface area contributed by atoms with Crippen molar-refractivity contribution in [1.29, 1.82) is 0 Å². The fraction of sp³-hybridized carbons (Fsp3) is 0.800. The molecule has 0 aliphatic carbocycles. The smallest absolute Gasteiger partial charge is 0.303 e. The number of hydrogen-bond donors (Lipinski definition) is 1. The Balaban J connectivity index is 6.18. The third kappa shape index (κ3) is 10.2. The van der Waals surface area contributed by atoms with Crippen LogP contribution in [0, 0.1) is 0 Å². The Morgan fingerprint density at radius 3 is 1.42 bits per heavy atom. The molecule has 0 aromatic carbocycles. The van der Waals surface area contributed by atoms with Crippen LogP contribution in [0.15, 0.2) is 0 Å². The molecule has 10 nitrogen and oxygen atoms in total. The quantitative estimate of drug-likeness (QED) is 0.273. The molecule has 0 amide bonds. The molecule has 0 aliphatic heterocycles. The van der Waals surface area contributed by atoms with Crippen molar-refractivity contribution < 1.29 is 42.6 Å². The lowest BCUT2D eigenvalue weighted by Gasteiger charge is -2.39. The SMILES string of the molecule is CC(=O)O[C@@H]([C@H](OC(C)=O)[C@@H](CO[Si](C)(C)C(C)(C)C)OC(C)=O)[C@@H](CN)OC(C)=O. The van der Waals surface area contributed by atoms with E-state index in [1.165, 1.54) is 13.8 Å². The number of esters is 4. The van der Waals surface area contributed by atoms with E-state index in [1.807, 2.05) is 33.9 Å². The Hall–Kier alpha value is -1.98. The molecule has 0 bridgehead atoms. The minimum Gasteiger partial charge on any atom is -0.457 e. The van der Waals surface area contributed by atoms with Gasteiger partial charge in [0.1, 0.15) is 0 Å². The molecule has 2 N–H and O–H groups in total. The van der Waals surface area contributed by atoms with Crippen LogP contribution in [0.3, 0.4) is 0 Å². The highest BCUT2D eigenvalue weighted by atomic mass is 28.4. The number of nitrogens with two attached hydrogens (primary N) is 1. The molecule has 31 heavy (non-hydrogen) atoms. The fourth-order valence-corrected chi connectivity index (χ4v) is 3.48. The maximum Gasteiger partial charge on any atom is 0.303 e. The molecule has 180 valence electrons. The Labute approximate surface area is 185 Å². The van der Waals surface area contributed by atoms with E-state index in [2.05, 4.69) is 0 Å². The van der Waals surface area contributed by atoms with Crippen LogP contribution in [0.5, 0.6) is 0 Å². The van der Waals surface area contributed by atoms with Crippen molar-refractivity contribution in [3.05, 3.63) is 0 Å². The van der Waals surface area contributed by atoms with Gasteiger partial charge < -0.3 is 29.1 Å². The van der Waals surface area contributed by atoms with E-state index in [9.17, 15) is 19.2 Å². The van der Waals surface area contributed by atoms with Crippen molar-refractivity contribution in [2.45, 2.75) is 91.0 Å². The van der Waals surface area contributed by atoms with Crippen LogP contribution in [-0.4, -0.2) is 69.8 Å². The van der Waals surface area contributed by atoms with E-state index >= 15 is 0 Å². The van der Waals surface area contributed by atoms with E-state index in [1.54, 1.807) is 0 Å². The van der Waals surface area contributed by atoms with E-state index in [0.717, 1.165) is 13.8 Å². The predicted molar refractivity (Wildman–Crippen MR) is 114 cm³/mol. The van der Waals surface area contributed by atoms with Crippen LogP contribution in [0.25, 0.3) is 0 Å². The number of carbonyl (C=O) groups is 4. The van der Waals surface area contributed by atoms with Crippen LogP contribution in [0.2, 0.25) is 18.1 Å². The second kappa shape index (κ2) is 12.2. The van der Waals surface area contributed by atoms with Crippen molar-refractivity contribution >= 4 is 32.2 Å². The zero-order chi connectivity index (χ0) is 24.6. The molecule has 0 rings (SSSR count). The monoisotopic (exact) mass is 463 g/mol. The molecule has 0 radical (unpaired) electrons. The zero-order valence-corrected chi connectivity index (χ0v) is 21.0. The lowest BCUT2D eigenvalue weighted by molar-refractivity contribution is -0.199. The molecule has 0 aromatic rings. The summed E-state index contributed by atoms with van der Waals surface area (Å²) in [5, 5.41) is -0.141. The van der Waals surface area contributed by atoms with Crippen LogP contribution in [0.1, 0.15) is 48.5 Å². The van der Waals surface area contributed by atoms with Gasteiger partial charge in [0.2, 0.25) is 0 Å². The van der Waals surface area contributed by atoms with Gasteiger partial charge in [0, 0.05) is 34.2 Å². The Morgan fingerprint density at radius 2 is 1.10 bits per heavy atom. The first-order valence-electron chi connectivity index (χ1n) is 10.0. The van der Waals surface area contributed by atoms with Gasteiger partial charge in [0.15, 0.2) is 32.7 Å². The van der Waals surface area contributed by atoms with Gasteiger partial charge >= 0.3 is 23.9 Å². The molecular weight excluding hydrogens is 426 g/mol. The second-order valence-corrected chi connectivity index (χ2v) is 13.6. The Bertz CT molecular complexity index is 645. The summed E-state index contributed by atoms with van der Waals surface area (Å²) < 4.78 is 27.4. The summed E-state index contributed by atoms with van der Waals surface area (Å²) in [6.45, 7) is 14.4. The van der Waals surface area contributed by atoms with Crippen LogP contribution < -0.4 is 5.73 Å². The maximum atomic E-state index is 11.9. The van der Waals surface area contributed by atoms with Gasteiger partial charge in [-0.2, -0.15) is 0 Å². The third-order valence-electron chi connectivity index (χ3n) is 4.94. The van der Waals surface area contributed by atoms with Gasteiger partial charge in [-0.05, 0) is 18.1 Å². The van der Waals surface area contributed by atoms with Crippen molar-refractivity contribution in [2.24, 2.45) is 5.73 Å². The molecule has 0 spiro atoms.